The number of sulfonamides is 2. The fourth-order valence-corrected chi connectivity index (χ4v) is 7.13. The summed E-state index contributed by atoms with van der Waals surface area (Å²) in [6.45, 7) is 1.59. The third-order valence-corrected chi connectivity index (χ3v) is 10.5. The Hall–Kier alpha value is -6.34. The van der Waals surface area contributed by atoms with Gasteiger partial charge in [-0.2, -0.15) is 0 Å². The maximum atomic E-state index is 13.2. The monoisotopic (exact) mass is 824 g/mol. The van der Waals surface area contributed by atoms with Crippen molar-refractivity contribution < 1.29 is 36.0 Å². The standard InChI is InChI=1S/C35H30Cl2N8O8S2/c1-21-10-15-26(40-34(48)44-54(50,51)30-8-4-2-6-27(30)41-32(46)38-24-16-11-22(36)12-17-24)20-29(21)43-35(49)45-55(52,53)31-9-5-3-7-28(31)42-33(47)39-25-18-13-23(37)14-19-25/h2-20H,1H3,(H2,38,41,46)(H2,39,42,47)(H2,40,44,48)(H2,43,45,49). The summed E-state index contributed by atoms with van der Waals surface area (Å²) in [5, 5.41) is 15.6. The highest BCUT2D eigenvalue weighted by atomic mass is 35.5. The third-order valence-electron chi connectivity index (χ3n) is 7.25. The van der Waals surface area contributed by atoms with Gasteiger partial charge in [-0.25, -0.2) is 45.5 Å². The van der Waals surface area contributed by atoms with Gasteiger partial charge in [0.25, 0.3) is 20.0 Å². The number of carbonyl (C=O) groups excluding carboxylic acids is 4. The maximum Gasteiger partial charge on any atom is 0.333 e. The summed E-state index contributed by atoms with van der Waals surface area (Å²) in [4.78, 5) is 50.1. The zero-order valence-corrected chi connectivity index (χ0v) is 31.5. The second kappa shape index (κ2) is 17.2. The van der Waals surface area contributed by atoms with Gasteiger partial charge in [0.15, 0.2) is 0 Å². The van der Waals surface area contributed by atoms with E-state index in [-0.39, 0.29) is 22.7 Å². The van der Waals surface area contributed by atoms with Crippen LogP contribution in [0, 0.1) is 6.92 Å². The Balaban J connectivity index is 1.21. The fourth-order valence-electron chi connectivity index (χ4n) is 4.74. The van der Waals surface area contributed by atoms with E-state index in [1.54, 1.807) is 55.5 Å². The minimum Gasteiger partial charge on any atom is -0.308 e. The lowest BCUT2D eigenvalue weighted by Gasteiger charge is -2.15. The number of halogens is 2. The molecule has 0 aliphatic heterocycles. The highest BCUT2D eigenvalue weighted by Crippen LogP contribution is 2.25. The molecule has 0 aliphatic rings. The molecule has 0 aromatic heterocycles. The van der Waals surface area contributed by atoms with Crippen LogP contribution in [0.3, 0.4) is 0 Å². The number of hydrogen-bond donors (Lipinski definition) is 8. The van der Waals surface area contributed by atoms with Crippen molar-refractivity contribution in [1.29, 1.82) is 0 Å². The minimum absolute atomic E-state index is 0.0199. The molecule has 0 aliphatic carbocycles. The highest BCUT2D eigenvalue weighted by Gasteiger charge is 2.24. The first-order valence-electron chi connectivity index (χ1n) is 15.7. The second-order valence-corrected chi connectivity index (χ2v) is 15.5. The van der Waals surface area contributed by atoms with Crippen LogP contribution in [0.1, 0.15) is 5.56 Å². The molecule has 0 unspecified atom stereocenters. The van der Waals surface area contributed by atoms with Crippen LogP contribution in [0.5, 0.6) is 0 Å². The van der Waals surface area contributed by atoms with Gasteiger partial charge in [-0.15, -0.1) is 0 Å². The van der Waals surface area contributed by atoms with Gasteiger partial charge in [0.05, 0.1) is 11.4 Å². The molecule has 0 spiro atoms. The molecule has 5 aromatic rings. The zero-order valence-electron chi connectivity index (χ0n) is 28.3. The molecule has 0 radical (unpaired) electrons. The summed E-state index contributed by atoms with van der Waals surface area (Å²) in [6.07, 6.45) is 0. The number of para-hydroxylation sites is 2. The van der Waals surface area contributed by atoms with E-state index in [1.165, 1.54) is 66.7 Å². The van der Waals surface area contributed by atoms with Crippen LogP contribution in [0.4, 0.5) is 53.3 Å². The zero-order chi connectivity index (χ0) is 39.8. The summed E-state index contributed by atoms with van der Waals surface area (Å²) in [5.74, 6) is 0. The second-order valence-electron chi connectivity index (χ2n) is 11.3. The van der Waals surface area contributed by atoms with E-state index in [0.717, 1.165) is 0 Å². The molecule has 0 saturated heterocycles. The number of benzene rings is 5. The molecule has 8 amide bonds. The van der Waals surface area contributed by atoms with Gasteiger partial charge >= 0.3 is 24.1 Å². The average molecular weight is 826 g/mol. The fraction of sp³-hybridized carbons (Fsp3) is 0.0286. The first kappa shape index (κ1) is 39.9. The first-order valence-corrected chi connectivity index (χ1v) is 19.4. The van der Waals surface area contributed by atoms with Crippen LogP contribution >= 0.6 is 23.2 Å². The molecule has 284 valence electrons. The Bertz CT molecular complexity index is 2490. The molecule has 0 atom stereocenters. The van der Waals surface area contributed by atoms with Crippen molar-refractivity contribution in [1.82, 2.24) is 9.44 Å². The quantitative estimate of drug-likeness (QED) is 0.0696. The predicted molar refractivity (Wildman–Crippen MR) is 211 cm³/mol. The Morgan fingerprint density at radius 2 is 0.800 bits per heavy atom. The number of carbonyl (C=O) groups is 4. The molecule has 5 rings (SSSR count). The van der Waals surface area contributed by atoms with Gasteiger partial charge in [-0.3, -0.25) is 0 Å². The molecule has 16 nitrogen and oxygen atoms in total. The third kappa shape index (κ3) is 11.1. The van der Waals surface area contributed by atoms with Gasteiger partial charge in [0, 0.05) is 32.8 Å². The van der Waals surface area contributed by atoms with Crippen LogP contribution in [-0.4, -0.2) is 41.0 Å². The largest absolute Gasteiger partial charge is 0.333 e. The van der Waals surface area contributed by atoms with E-state index in [9.17, 15) is 36.0 Å². The van der Waals surface area contributed by atoms with Crippen LogP contribution in [0.2, 0.25) is 10.0 Å². The summed E-state index contributed by atoms with van der Waals surface area (Å²) >= 11 is 11.7. The maximum absolute atomic E-state index is 13.2. The molecule has 5 aromatic carbocycles. The molecule has 0 bridgehead atoms. The number of hydrogen-bond acceptors (Lipinski definition) is 8. The van der Waals surface area contributed by atoms with Crippen molar-refractivity contribution in [2.24, 2.45) is 0 Å². The number of rotatable bonds is 10. The number of amides is 8. The lowest BCUT2D eigenvalue weighted by atomic mass is 10.2. The highest BCUT2D eigenvalue weighted by molar-refractivity contribution is 7.90. The van der Waals surface area contributed by atoms with E-state index in [1.807, 2.05) is 9.44 Å². The van der Waals surface area contributed by atoms with Crippen LogP contribution in [0.25, 0.3) is 0 Å². The SMILES string of the molecule is Cc1ccc(NC(=O)NS(=O)(=O)c2ccccc2NC(=O)Nc2ccc(Cl)cc2)cc1NC(=O)NS(=O)(=O)c1ccccc1NC(=O)Nc1ccc(Cl)cc1. The molecular weight excluding hydrogens is 795 g/mol. The lowest BCUT2D eigenvalue weighted by Crippen LogP contribution is -2.35. The average Bonchev–Trinajstić information content (AvgIpc) is 3.11. The summed E-state index contributed by atoms with van der Waals surface area (Å²) in [7, 11) is -9.11. The Morgan fingerprint density at radius 3 is 1.25 bits per heavy atom. The van der Waals surface area contributed by atoms with E-state index in [0.29, 0.717) is 27.0 Å². The molecule has 55 heavy (non-hydrogen) atoms. The van der Waals surface area contributed by atoms with E-state index in [4.69, 9.17) is 23.2 Å². The van der Waals surface area contributed by atoms with Gasteiger partial charge in [-0.05, 0) is 97.4 Å². The van der Waals surface area contributed by atoms with Crippen LogP contribution < -0.4 is 41.3 Å². The van der Waals surface area contributed by atoms with Crippen LogP contribution in [-0.2, 0) is 20.0 Å². The summed E-state index contributed by atoms with van der Waals surface area (Å²) in [6, 6.07) is 23.4. The number of anilines is 6. The molecule has 8 N–H and O–H groups in total. The van der Waals surface area contributed by atoms with Gasteiger partial charge < -0.3 is 31.9 Å². The molecule has 0 saturated carbocycles. The smallest absolute Gasteiger partial charge is 0.308 e. The van der Waals surface area contributed by atoms with Gasteiger partial charge in [0.2, 0.25) is 0 Å². The molecular formula is C35H30Cl2N8O8S2. The van der Waals surface area contributed by atoms with E-state index in [2.05, 4.69) is 31.9 Å². The topological polar surface area (TPSA) is 233 Å². The Labute approximate surface area is 325 Å². The van der Waals surface area contributed by atoms with Crippen molar-refractivity contribution in [2.45, 2.75) is 16.7 Å². The number of urea groups is 4. The van der Waals surface area contributed by atoms with Crippen molar-refractivity contribution in [3.05, 3.63) is 131 Å². The van der Waals surface area contributed by atoms with E-state index < -0.39 is 54.0 Å². The molecule has 0 fully saturated rings. The van der Waals surface area contributed by atoms with Crippen molar-refractivity contribution in [2.75, 3.05) is 31.9 Å². The first-order chi connectivity index (χ1) is 26.1. The minimum atomic E-state index is -4.56. The Morgan fingerprint density at radius 1 is 0.436 bits per heavy atom. The normalized spacial score (nSPS) is 11.0. The van der Waals surface area contributed by atoms with Gasteiger partial charge in [-0.1, -0.05) is 53.5 Å². The van der Waals surface area contributed by atoms with Crippen molar-refractivity contribution in [3.8, 4) is 0 Å². The Kier molecular flexibility index (Phi) is 12.5. The summed E-state index contributed by atoms with van der Waals surface area (Å²) < 4.78 is 56.7. The van der Waals surface area contributed by atoms with Gasteiger partial charge in [0.1, 0.15) is 9.79 Å². The lowest BCUT2D eigenvalue weighted by molar-refractivity contribution is 0.255. The van der Waals surface area contributed by atoms with Crippen molar-refractivity contribution in [3.63, 3.8) is 0 Å². The molecule has 20 heteroatoms. The number of aryl methyl sites for hydroxylation is 1. The van der Waals surface area contributed by atoms with Crippen molar-refractivity contribution >= 4 is 101 Å². The predicted octanol–water partition coefficient (Wildman–Crippen LogP) is 7.61. The molecule has 0 heterocycles. The summed E-state index contributed by atoms with van der Waals surface area (Å²) in [5.41, 5.74) is 1.05. The van der Waals surface area contributed by atoms with E-state index >= 15 is 0 Å². The number of nitrogens with one attached hydrogen (secondary N) is 8. The van der Waals surface area contributed by atoms with Crippen LogP contribution in [0.15, 0.2) is 125 Å².